The van der Waals surface area contributed by atoms with Crippen molar-refractivity contribution in [3.05, 3.63) is 23.8 Å². The first-order chi connectivity index (χ1) is 28.3. The number of ether oxygens (including phenoxy) is 10. The quantitative estimate of drug-likeness (QED) is 0.0311. The summed E-state index contributed by atoms with van der Waals surface area (Å²) in [6.45, 7) is 6.95. The summed E-state index contributed by atoms with van der Waals surface area (Å²) in [5.74, 6) is 0.0486. The van der Waals surface area contributed by atoms with E-state index in [1.54, 1.807) is 13.2 Å². The average molecular weight is 836 g/mol. The van der Waals surface area contributed by atoms with Gasteiger partial charge in [-0.25, -0.2) is 0 Å². The molecule has 1 rings (SSSR count). The number of aliphatic hydroxyl groups is 1. The standard InChI is InChI=1S/C25H47N5O13.C12H18O3/c26-22(32)17-40-13-9-37-6-2-28-24(34)19-42-15-11-39-8-4-30-25(35)20-43-16-12-38-7-3-29-23(33)18-41-14-10-36-5-1-27-21-31;1-3-4-7-15-11-6-5-10(9-13)12(8-11)14-2/h21H,1-20H2,(H2,26,32)(H,27,31)(H,28,34)(H,29,33)(H,30,35);5-6,8,13H,3-4,7,9H2,1-2H3. The number of nitrogens with one attached hydrogen (secondary N) is 4. The maximum atomic E-state index is 11.7. The molecule has 21 nitrogen and oxygen atoms in total. The lowest BCUT2D eigenvalue weighted by atomic mass is 10.2. The molecule has 334 valence electrons. The fourth-order valence-corrected chi connectivity index (χ4v) is 3.96. The molecule has 1 aromatic carbocycles. The molecule has 0 radical (unpaired) electrons. The summed E-state index contributed by atoms with van der Waals surface area (Å²) in [5, 5.41) is 19.4. The van der Waals surface area contributed by atoms with Crippen LogP contribution in [0.4, 0.5) is 0 Å². The van der Waals surface area contributed by atoms with E-state index in [2.05, 4.69) is 28.2 Å². The molecule has 0 saturated carbocycles. The number of amides is 5. The van der Waals surface area contributed by atoms with Crippen molar-refractivity contribution >= 4 is 30.0 Å². The van der Waals surface area contributed by atoms with Crippen molar-refractivity contribution in [2.24, 2.45) is 5.73 Å². The predicted molar refractivity (Wildman–Crippen MR) is 208 cm³/mol. The van der Waals surface area contributed by atoms with E-state index in [9.17, 15) is 24.0 Å². The van der Waals surface area contributed by atoms with Gasteiger partial charge in [-0.05, 0) is 18.6 Å². The highest BCUT2D eigenvalue weighted by atomic mass is 16.5. The van der Waals surface area contributed by atoms with Gasteiger partial charge in [0.15, 0.2) is 0 Å². The van der Waals surface area contributed by atoms with Gasteiger partial charge >= 0.3 is 0 Å². The number of rotatable bonds is 39. The lowest BCUT2D eigenvalue weighted by molar-refractivity contribution is -0.128. The van der Waals surface area contributed by atoms with Gasteiger partial charge in [0.05, 0.1) is 99.6 Å². The van der Waals surface area contributed by atoms with E-state index < -0.39 is 5.91 Å². The minimum atomic E-state index is -0.547. The topological polar surface area (TPSA) is 272 Å². The van der Waals surface area contributed by atoms with Crippen LogP contribution in [0.15, 0.2) is 18.2 Å². The molecule has 21 heteroatoms. The Bertz CT molecular complexity index is 1200. The van der Waals surface area contributed by atoms with E-state index >= 15 is 0 Å². The van der Waals surface area contributed by atoms with Gasteiger partial charge in [-0.2, -0.15) is 0 Å². The third-order valence-electron chi connectivity index (χ3n) is 6.81. The van der Waals surface area contributed by atoms with Crippen molar-refractivity contribution in [3.8, 4) is 11.5 Å². The second-order valence-electron chi connectivity index (χ2n) is 11.6. The number of nitrogens with two attached hydrogens (primary N) is 1. The lowest BCUT2D eigenvalue weighted by Crippen LogP contribution is -2.32. The third kappa shape index (κ3) is 36.2. The number of carbonyl (C=O) groups is 5. The predicted octanol–water partition coefficient (Wildman–Crippen LogP) is -1.93. The van der Waals surface area contributed by atoms with Crippen molar-refractivity contribution in [2.45, 2.75) is 26.4 Å². The minimum Gasteiger partial charge on any atom is -0.496 e. The van der Waals surface area contributed by atoms with Crippen LogP contribution in [0.3, 0.4) is 0 Å². The van der Waals surface area contributed by atoms with Crippen molar-refractivity contribution in [2.75, 3.05) is 146 Å². The number of benzene rings is 1. The summed E-state index contributed by atoms with van der Waals surface area (Å²) in [6.07, 6.45) is 2.75. The van der Waals surface area contributed by atoms with Crippen LogP contribution in [0, 0.1) is 0 Å². The zero-order chi connectivity index (χ0) is 42.7. The molecule has 0 atom stereocenters. The van der Waals surface area contributed by atoms with Gasteiger partial charge in [0.2, 0.25) is 30.0 Å². The number of primary amides is 1. The Kier molecular flexibility index (Phi) is 38.0. The highest BCUT2D eigenvalue weighted by Gasteiger charge is 2.05. The largest absolute Gasteiger partial charge is 0.496 e. The fraction of sp³-hybridized carbons (Fsp3) is 0.703. The molecule has 0 aliphatic heterocycles. The highest BCUT2D eigenvalue weighted by molar-refractivity contribution is 5.77. The minimum absolute atomic E-state index is 0.0155. The Morgan fingerprint density at radius 3 is 1.45 bits per heavy atom. The number of hydrogen-bond acceptors (Lipinski definition) is 16. The zero-order valence-corrected chi connectivity index (χ0v) is 33.9. The van der Waals surface area contributed by atoms with Gasteiger partial charge in [0.25, 0.3) is 0 Å². The molecule has 58 heavy (non-hydrogen) atoms. The second kappa shape index (κ2) is 41.0. The smallest absolute Gasteiger partial charge is 0.246 e. The molecule has 0 saturated heterocycles. The molecular weight excluding hydrogens is 770 g/mol. The number of aliphatic hydroxyl groups excluding tert-OH is 1. The molecule has 0 fully saturated rings. The van der Waals surface area contributed by atoms with Crippen LogP contribution in [0.25, 0.3) is 0 Å². The first-order valence-corrected chi connectivity index (χ1v) is 19.0. The van der Waals surface area contributed by atoms with Crippen LogP contribution in [-0.4, -0.2) is 181 Å². The Morgan fingerprint density at radius 1 is 0.621 bits per heavy atom. The van der Waals surface area contributed by atoms with Gasteiger partial charge in [0, 0.05) is 37.8 Å². The van der Waals surface area contributed by atoms with Crippen molar-refractivity contribution in [1.82, 2.24) is 21.3 Å². The number of unbranched alkanes of at least 4 members (excludes halogenated alkanes) is 1. The van der Waals surface area contributed by atoms with E-state index in [0.29, 0.717) is 58.2 Å². The van der Waals surface area contributed by atoms with Crippen LogP contribution >= 0.6 is 0 Å². The molecule has 0 unspecified atom stereocenters. The normalized spacial score (nSPS) is 10.5. The highest BCUT2D eigenvalue weighted by Crippen LogP contribution is 2.24. The van der Waals surface area contributed by atoms with E-state index in [1.807, 2.05) is 12.1 Å². The maximum Gasteiger partial charge on any atom is 0.246 e. The van der Waals surface area contributed by atoms with Gasteiger partial charge in [-0.3, -0.25) is 24.0 Å². The van der Waals surface area contributed by atoms with Gasteiger partial charge in [-0.15, -0.1) is 0 Å². The van der Waals surface area contributed by atoms with E-state index in [1.165, 1.54) is 0 Å². The van der Waals surface area contributed by atoms with Gasteiger partial charge in [-0.1, -0.05) is 13.3 Å². The van der Waals surface area contributed by atoms with Crippen molar-refractivity contribution < 1.29 is 76.4 Å². The van der Waals surface area contributed by atoms with Crippen molar-refractivity contribution in [1.29, 1.82) is 0 Å². The third-order valence-corrected chi connectivity index (χ3v) is 6.81. The first kappa shape index (κ1) is 53.8. The Hall–Kier alpha value is -4.19. The van der Waals surface area contributed by atoms with Crippen LogP contribution in [0.5, 0.6) is 11.5 Å². The van der Waals surface area contributed by atoms with Crippen molar-refractivity contribution in [3.63, 3.8) is 0 Å². The Balaban J connectivity index is 0.00000179. The molecule has 0 aliphatic carbocycles. The molecule has 0 aliphatic rings. The summed E-state index contributed by atoms with van der Waals surface area (Å²) in [5.41, 5.74) is 5.70. The Labute approximate surface area is 340 Å². The summed E-state index contributed by atoms with van der Waals surface area (Å²) >= 11 is 0. The zero-order valence-electron chi connectivity index (χ0n) is 33.9. The molecule has 0 bridgehead atoms. The van der Waals surface area contributed by atoms with Gasteiger partial charge in [0.1, 0.15) is 37.9 Å². The fourth-order valence-electron chi connectivity index (χ4n) is 3.96. The first-order valence-electron chi connectivity index (χ1n) is 19.0. The van der Waals surface area contributed by atoms with Crippen LogP contribution in [-0.2, 0) is 68.5 Å². The molecule has 0 spiro atoms. The van der Waals surface area contributed by atoms with Crippen LogP contribution in [0.1, 0.15) is 25.3 Å². The molecule has 5 amide bonds. The van der Waals surface area contributed by atoms with Crippen LogP contribution in [0.2, 0.25) is 0 Å². The SMILES string of the molecule is CCCCOc1ccc(CO)c(OC)c1.NC(=O)COCCOCCNC(=O)COCCOCCNC(=O)COCCOCCNC(=O)COCCOCCNC=O. The monoisotopic (exact) mass is 835 g/mol. The average Bonchev–Trinajstić information content (AvgIpc) is 3.21. The summed E-state index contributed by atoms with van der Waals surface area (Å²) in [6, 6.07) is 5.48. The lowest BCUT2D eigenvalue weighted by Gasteiger charge is -2.10. The molecule has 0 heterocycles. The summed E-state index contributed by atoms with van der Waals surface area (Å²) in [7, 11) is 1.59. The van der Waals surface area contributed by atoms with E-state index in [4.69, 9.17) is 58.2 Å². The molecule has 7 N–H and O–H groups in total. The number of hydrogen-bond donors (Lipinski definition) is 6. The molecular formula is C37H65N5O16. The van der Waals surface area contributed by atoms with Gasteiger partial charge < -0.3 is 79.5 Å². The Morgan fingerprint density at radius 2 is 1.05 bits per heavy atom. The molecule has 1 aromatic rings. The second-order valence-corrected chi connectivity index (χ2v) is 11.6. The summed E-state index contributed by atoms with van der Waals surface area (Å²) < 4.78 is 52.2. The number of carbonyl (C=O) groups excluding carboxylic acids is 5. The van der Waals surface area contributed by atoms with E-state index in [-0.39, 0.29) is 110 Å². The van der Waals surface area contributed by atoms with Crippen LogP contribution < -0.4 is 36.5 Å². The van der Waals surface area contributed by atoms with E-state index in [0.717, 1.165) is 30.8 Å². The number of methoxy groups -OCH3 is 1. The summed E-state index contributed by atoms with van der Waals surface area (Å²) in [4.78, 5) is 55.5. The molecule has 0 aromatic heterocycles. The maximum absolute atomic E-state index is 11.7.